The molecule has 166 valence electrons. The van der Waals surface area contributed by atoms with Gasteiger partial charge >= 0.3 is 0 Å². The van der Waals surface area contributed by atoms with Crippen LogP contribution in [0.3, 0.4) is 0 Å². The third-order valence-electron chi connectivity index (χ3n) is 5.82. The predicted octanol–water partition coefficient (Wildman–Crippen LogP) is 6.90. The van der Waals surface area contributed by atoms with Gasteiger partial charge in [-0.2, -0.15) is 0 Å². The van der Waals surface area contributed by atoms with Crippen LogP contribution in [0.5, 0.6) is 0 Å². The second-order valence-electron chi connectivity index (χ2n) is 8.13. The van der Waals surface area contributed by atoms with Gasteiger partial charge in [-0.15, -0.1) is 11.8 Å². The summed E-state index contributed by atoms with van der Waals surface area (Å²) in [5.74, 6) is 0.684. The number of aryl methyl sites for hydroxylation is 2. The number of carbonyl (C=O) groups is 1. The number of rotatable bonds is 6. The smallest absolute Gasteiger partial charge is 0.277 e. The summed E-state index contributed by atoms with van der Waals surface area (Å²) in [6.45, 7) is 0. The topological polar surface area (TPSA) is 55.1 Å². The molecule has 0 spiro atoms. The van der Waals surface area contributed by atoms with Crippen molar-refractivity contribution in [1.82, 2.24) is 5.16 Å². The average Bonchev–Trinajstić information content (AvgIpc) is 3.35. The van der Waals surface area contributed by atoms with E-state index >= 15 is 0 Å². The number of hydrogen-bond donors (Lipinski definition) is 1. The van der Waals surface area contributed by atoms with E-state index in [4.69, 9.17) is 4.52 Å². The zero-order valence-corrected chi connectivity index (χ0v) is 18.8. The van der Waals surface area contributed by atoms with E-state index in [1.807, 2.05) is 30.3 Å². The lowest BCUT2D eigenvalue weighted by molar-refractivity contribution is 0.101. The minimum Gasteiger partial charge on any atom is -0.355 e. The normalized spacial score (nSPS) is 12.9. The van der Waals surface area contributed by atoms with Crippen molar-refractivity contribution in [2.24, 2.45) is 0 Å². The van der Waals surface area contributed by atoms with Crippen LogP contribution in [0.15, 0.2) is 82.2 Å². The molecule has 33 heavy (non-hydrogen) atoms. The van der Waals surface area contributed by atoms with Gasteiger partial charge in [0.05, 0.1) is 5.69 Å². The van der Waals surface area contributed by atoms with Crippen LogP contribution in [0, 0.1) is 5.82 Å². The van der Waals surface area contributed by atoms with Gasteiger partial charge in [0.1, 0.15) is 5.82 Å². The number of para-hydroxylation sites is 1. The third-order valence-corrected chi connectivity index (χ3v) is 6.96. The molecule has 3 aromatic carbocycles. The van der Waals surface area contributed by atoms with E-state index in [1.165, 1.54) is 36.1 Å². The van der Waals surface area contributed by atoms with E-state index in [-0.39, 0.29) is 17.4 Å². The van der Waals surface area contributed by atoms with Gasteiger partial charge in [0.15, 0.2) is 11.5 Å². The molecule has 1 heterocycles. The Labute approximate surface area is 196 Å². The second kappa shape index (κ2) is 9.63. The number of aromatic nitrogens is 1. The highest BCUT2D eigenvalue weighted by atomic mass is 32.2. The highest BCUT2D eigenvalue weighted by molar-refractivity contribution is 7.98. The second-order valence-corrected chi connectivity index (χ2v) is 9.15. The lowest BCUT2D eigenvalue weighted by Crippen LogP contribution is -2.12. The Morgan fingerprint density at radius 3 is 2.61 bits per heavy atom. The Morgan fingerprint density at radius 2 is 1.76 bits per heavy atom. The number of carbonyl (C=O) groups excluding carboxylic acids is 1. The number of fused-ring (bicyclic) bond motifs is 1. The number of nitrogens with zero attached hydrogens (tertiary/aromatic N) is 1. The van der Waals surface area contributed by atoms with E-state index in [2.05, 4.69) is 22.6 Å². The first-order chi connectivity index (χ1) is 16.2. The van der Waals surface area contributed by atoms with Gasteiger partial charge in [0, 0.05) is 22.3 Å². The zero-order valence-electron chi connectivity index (χ0n) is 18.0. The highest BCUT2D eigenvalue weighted by Crippen LogP contribution is 2.31. The molecular weight excluding hydrogens is 435 g/mol. The van der Waals surface area contributed by atoms with E-state index in [9.17, 15) is 9.18 Å². The molecule has 0 saturated carbocycles. The van der Waals surface area contributed by atoms with Gasteiger partial charge in [-0.3, -0.25) is 4.79 Å². The van der Waals surface area contributed by atoms with Crippen molar-refractivity contribution < 1.29 is 13.7 Å². The maximum atomic E-state index is 13.1. The molecule has 0 radical (unpaired) electrons. The van der Waals surface area contributed by atoms with Crippen LogP contribution in [0.1, 0.15) is 40.0 Å². The summed E-state index contributed by atoms with van der Waals surface area (Å²) in [4.78, 5) is 13.8. The Bertz CT molecular complexity index is 1280. The Balaban J connectivity index is 1.29. The zero-order chi connectivity index (χ0) is 22.6. The van der Waals surface area contributed by atoms with E-state index in [0.29, 0.717) is 17.2 Å². The van der Waals surface area contributed by atoms with Gasteiger partial charge in [-0.1, -0.05) is 41.6 Å². The lowest BCUT2D eigenvalue weighted by Gasteiger charge is -2.15. The highest BCUT2D eigenvalue weighted by Gasteiger charge is 2.17. The Hall–Kier alpha value is -3.38. The predicted molar refractivity (Wildman–Crippen MR) is 129 cm³/mol. The van der Waals surface area contributed by atoms with Gasteiger partial charge < -0.3 is 9.84 Å². The first-order valence-electron chi connectivity index (χ1n) is 11.0. The number of amides is 1. The molecule has 0 fully saturated rings. The van der Waals surface area contributed by atoms with Crippen molar-refractivity contribution in [1.29, 1.82) is 0 Å². The third kappa shape index (κ3) is 5.01. The van der Waals surface area contributed by atoms with Crippen molar-refractivity contribution in [3.63, 3.8) is 0 Å². The molecule has 1 N–H and O–H groups in total. The van der Waals surface area contributed by atoms with Crippen molar-refractivity contribution in [3.8, 4) is 11.3 Å². The van der Waals surface area contributed by atoms with Crippen LogP contribution in [-0.2, 0) is 18.6 Å². The SMILES string of the molecule is O=C(Nc1ccccc1SCc1ccc(F)cc1)c1cc(-c2ccc3c(c2)CCCC3)on1. The molecule has 0 unspecified atom stereocenters. The summed E-state index contributed by atoms with van der Waals surface area (Å²) in [6, 6.07) is 22.1. The molecule has 1 amide bonds. The summed E-state index contributed by atoms with van der Waals surface area (Å²) in [5.41, 5.74) is 5.64. The van der Waals surface area contributed by atoms with Crippen LogP contribution in [0.25, 0.3) is 11.3 Å². The fourth-order valence-electron chi connectivity index (χ4n) is 4.03. The lowest BCUT2D eigenvalue weighted by atomic mass is 9.90. The molecule has 1 aromatic heterocycles. The number of benzene rings is 3. The number of halogens is 1. The molecule has 0 saturated heterocycles. The minimum atomic E-state index is -0.321. The number of nitrogens with one attached hydrogen (secondary N) is 1. The number of hydrogen-bond acceptors (Lipinski definition) is 4. The molecule has 6 heteroatoms. The van der Waals surface area contributed by atoms with E-state index in [1.54, 1.807) is 30.0 Å². The first kappa shape index (κ1) is 21.5. The largest absolute Gasteiger partial charge is 0.355 e. The standard InChI is InChI=1S/C27H23FN2O2S/c28-22-13-9-18(10-14-22)17-33-26-8-4-3-7-23(26)29-27(31)24-16-25(32-30-24)21-12-11-19-5-1-2-6-20(19)15-21/h3-4,7-16H,1-2,5-6,17H2,(H,29,31). The first-order valence-corrected chi connectivity index (χ1v) is 12.0. The maximum absolute atomic E-state index is 13.1. The average molecular weight is 459 g/mol. The summed E-state index contributed by atoms with van der Waals surface area (Å²) in [6.07, 6.45) is 4.65. The van der Waals surface area contributed by atoms with Crippen molar-refractivity contribution >= 4 is 23.4 Å². The van der Waals surface area contributed by atoms with Gasteiger partial charge in [0.25, 0.3) is 5.91 Å². The number of thioether (sulfide) groups is 1. The van der Waals surface area contributed by atoms with Crippen LogP contribution in [0.2, 0.25) is 0 Å². The summed E-state index contributed by atoms with van der Waals surface area (Å²) < 4.78 is 18.6. The van der Waals surface area contributed by atoms with Crippen molar-refractivity contribution in [2.75, 3.05) is 5.32 Å². The van der Waals surface area contributed by atoms with Crippen LogP contribution >= 0.6 is 11.8 Å². The Morgan fingerprint density at radius 1 is 0.970 bits per heavy atom. The summed E-state index contributed by atoms with van der Waals surface area (Å²) >= 11 is 1.58. The molecule has 1 aliphatic carbocycles. The van der Waals surface area contributed by atoms with Gasteiger partial charge in [-0.05, 0) is 72.7 Å². The molecule has 0 aliphatic heterocycles. The van der Waals surface area contributed by atoms with Gasteiger partial charge in [-0.25, -0.2) is 4.39 Å². The van der Waals surface area contributed by atoms with E-state index < -0.39 is 0 Å². The maximum Gasteiger partial charge on any atom is 0.277 e. The summed E-state index contributed by atoms with van der Waals surface area (Å²) in [5, 5.41) is 6.95. The molecule has 0 atom stereocenters. The minimum absolute atomic E-state index is 0.237. The molecule has 4 aromatic rings. The molecule has 4 nitrogen and oxygen atoms in total. The van der Waals surface area contributed by atoms with Crippen LogP contribution in [-0.4, -0.2) is 11.1 Å². The molecule has 5 rings (SSSR count). The fourth-order valence-corrected chi connectivity index (χ4v) is 4.99. The van der Waals surface area contributed by atoms with Crippen LogP contribution < -0.4 is 5.32 Å². The fraction of sp³-hybridized carbons (Fsp3) is 0.185. The Kier molecular flexibility index (Phi) is 6.26. The van der Waals surface area contributed by atoms with E-state index in [0.717, 1.165) is 28.9 Å². The monoisotopic (exact) mass is 458 g/mol. The van der Waals surface area contributed by atoms with Crippen LogP contribution in [0.4, 0.5) is 10.1 Å². The number of anilines is 1. The van der Waals surface area contributed by atoms with Crippen molar-refractivity contribution in [3.05, 3.63) is 101 Å². The quantitative estimate of drug-likeness (QED) is 0.319. The van der Waals surface area contributed by atoms with Gasteiger partial charge in [0.2, 0.25) is 0 Å². The molecule has 1 aliphatic rings. The molecule has 0 bridgehead atoms. The molecular formula is C27H23FN2O2S. The van der Waals surface area contributed by atoms with Crippen molar-refractivity contribution in [2.45, 2.75) is 36.3 Å². The summed E-state index contributed by atoms with van der Waals surface area (Å²) in [7, 11) is 0.